The maximum atomic E-state index is 12.4. The van der Waals surface area contributed by atoms with Gasteiger partial charge in [-0.2, -0.15) is 0 Å². The molecule has 126 valence electrons. The minimum absolute atomic E-state index is 0.0383. The second kappa shape index (κ2) is 6.35. The maximum Gasteiger partial charge on any atom is 0.308 e. The lowest BCUT2D eigenvalue weighted by Crippen LogP contribution is -2.31. The first-order chi connectivity index (χ1) is 10.9. The van der Waals surface area contributed by atoms with Crippen molar-refractivity contribution in [3.8, 4) is 0 Å². The summed E-state index contributed by atoms with van der Waals surface area (Å²) in [5.41, 5.74) is 0.771. The quantitative estimate of drug-likeness (QED) is 0.890. The number of hydrogen-bond acceptors (Lipinski definition) is 5. The largest absolute Gasteiger partial charge is 0.377 e. The fourth-order valence-electron chi connectivity index (χ4n) is 2.76. The second-order valence-electron chi connectivity index (χ2n) is 5.95. The third-order valence-electron chi connectivity index (χ3n) is 3.94. The normalized spacial score (nSPS) is 19.0. The molecule has 1 aromatic heterocycles. The van der Waals surface area contributed by atoms with Crippen molar-refractivity contribution < 1.29 is 13.2 Å². The standard InChI is InChI=1S/C15H20N2O4S2/c1-10(2)17-13-6-5-12(8-14(13)22-15(17)18)23(19,20)16-9-11-4-3-7-21-11/h5-6,8,10-11,16H,3-4,7,9H2,1-2H3. The molecule has 0 saturated carbocycles. The number of nitrogens with one attached hydrogen (secondary N) is 1. The van der Waals surface area contributed by atoms with Gasteiger partial charge >= 0.3 is 4.87 Å². The summed E-state index contributed by atoms with van der Waals surface area (Å²) in [6, 6.07) is 4.85. The van der Waals surface area contributed by atoms with E-state index in [0.717, 1.165) is 29.7 Å². The average Bonchev–Trinajstić information content (AvgIpc) is 3.10. The summed E-state index contributed by atoms with van der Waals surface area (Å²) in [7, 11) is -3.60. The third-order valence-corrected chi connectivity index (χ3v) is 6.28. The van der Waals surface area contributed by atoms with Gasteiger partial charge in [0.25, 0.3) is 0 Å². The van der Waals surface area contributed by atoms with Crippen LogP contribution in [-0.2, 0) is 14.8 Å². The fraction of sp³-hybridized carbons (Fsp3) is 0.533. The molecule has 3 rings (SSSR count). The van der Waals surface area contributed by atoms with Crippen LogP contribution in [0.15, 0.2) is 27.9 Å². The SMILES string of the molecule is CC(C)n1c(=O)sc2cc(S(=O)(=O)NCC3CCCO3)ccc21. The molecule has 23 heavy (non-hydrogen) atoms. The molecule has 0 spiro atoms. The number of hydrogen-bond donors (Lipinski definition) is 1. The summed E-state index contributed by atoms with van der Waals surface area (Å²) >= 11 is 1.07. The number of thiazole rings is 1. The Morgan fingerprint density at radius 2 is 2.22 bits per heavy atom. The van der Waals surface area contributed by atoms with Crippen molar-refractivity contribution in [2.24, 2.45) is 0 Å². The summed E-state index contributed by atoms with van der Waals surface area (Å²) < 4.78 is 35.2. The molecule has 2 aromatic rings. The van der Waals surface area contributed by atoms with Gasteiger partial charge < -0.3 is 4.74 Å². The Kier molecular flexibility index (Phi) is 4.59. The topological polar surface area (TPSA) is 77.4 Å². The van der Waals surface area contributed by atoms with Gasteiger partial charge in [-0.25, -0.2) is 13.1 Å². The molecule has 6 nitrogen and oxygen atoms in total. The molecule has 0 bridgehead atoms. The van der Waals surface area contributed by atoms with E-state index in [1.165, 1.54) is 0 Å². The van der Waals surface area contributed by atoms with Gasteiger partial charge in [0.2, 0.25) is 10.0 Å². The summed E-state index contributed by atoms with van der Waals surface area (Å²) in [5.74, 6) is 0. The van der Waals surface area contributed by atoms with Crippen molar-refractivity contribution in [1.29, 1.82) is 0 Å². The van der Waals surface area contributed by atoms with Crippen LogP contribution in [0.2, 0.25) is 0 Å². The lowest BCUT2D eigenvalue weighted by Gasteiger charge is -2.12. The van der Waals surface area contributed by atoms with E-state index in [-0.39, 0.29) is 28.5 Å². The number of aromatic nitrogens is 1. The third kappa shape index (κ3) is 3.35. The van der Waals surface area contributed by atoms with E-state index in [4.69, 9.17) is 4.74 Å². The van der Waals surface area contributed by atoms with Crippen molar-refractivity contribution in [3.05, 3.63) is 27.9 Å². The Bertz CT molecular complexity index is 861. The summed E-state index contributed by atoms with van der Waals surface area (Å²) in [4.78, 5) is 12.1. The fourth-order valence-corrected chi connectivity index (χ4v) is 4.98. The second-order valence-corrected chi connectivity index (χ2v) is 8.71. The van der Waals surface area contributed by atoms with E-state index in [2.05, 4.69) is 4.72 Å². The number of nitrogens with zero attached hydrogens (tertiary/aromatic N) is 1. The van der Waals surface area contributed by atoms with E-state index in [9.17, 15) is 13.2 Å². The van der Waals surface area contributed by atoms with Crippen molar-refractivity contribution in [2.45, 2.75) is 43.7 Å². The molecule has 1 aliphatic heterocycles. The molecule has 0 aliphatic carbocycles. The maximum absolute atomic E-state index is 12.4. The van der Waals surface area contributed by atoms with E-state index < -0.39 is 10.0 Å². The average molecular weight is 356 g/mol. The van der Waals surface area contributed by atoms with Gasteiger partial charge in [-0.05, 0) is 44.9 Å². The van der Waals surface area contributed by atoms with Crippen LogP contribution in [0.1, 0.15) is 32.7 Å². The number of ether oxygens (including phenoxy) is 1. The van der Waals surface area contributed by atoms with Gasteiger partial charge in [-0.1, -0.05) is 11.3 Å². The highest BCUT2D eigenvalue weighted by Gasteiger charge is 2.21. The lowest BCUT2D eigenvalue weighted by atomic mass is 10.2. The Morgan fingerprint density at radius 1 is 1.43 bits per heavy atom. The van der Waals surface area contributed by atoms with Gasteiger partial charge in [-0.15, -0.1) is 0 Å². The molecule has 0 amide bonds. The first-order valence-corrected chi connectivity index (χ1v) is 9.95. The number of rotatable bonds is 5. The van der Waals surface area contributed by atoms with Crippen molar-refractivity contribution in [2.75, 3.05) is 13.2 Å². The Morgan fingerprint density at radius 3 is 2.87 bits per heavy atom. The van der Waals surface area contributed by atoms with Crippen molar-refractivity contribution in [3.63, 3.8) is 0 Å². The molecule has 1 unspecified atom stereocenters. The predicted molar refractivity (Wildman–Crippen MR) is 90.6 cm³/mol. The predicted octanol–water partition coefficient (Wildman–Crippen LogP) is 2.10. The number of fused-ring (bicyclic) bond motifs is 1. The van der Waals surface area contributed by atoms with Gasteiger partial charge in [0, 0.05) is 19.2 Å². The van der Waals surface area contributed by atoms with Gasteiger partial charge in [0.05, 0.1) is 21.2 Å². The first kappa shape index (κ1) is 16.6. The molecule has 2 heterocycles. The van der Waals surface area contributed by atoms with E-state index in [1.54, 1.807) is 22.8 Å². The molecular weight excluding hydrogens is 336 g/mol. The first-order valence-electron chi connectivity index (χ1n) is 7.65. The van der Waals surface area contributed by atoms with E-state index in [0.29, 0.717) is 11.3 Å². The minimum atomic E-state index is -3.60. The van der Waals surface area contributed by atoms with E-state index >= 15 is 0 Å². The van der Waals surface area contributed by atoms with Gasteiger partial charge in [0.15, 0.2) is 0 Å². The molecule has 8 heteroatoms. The number of sulfonamides is 1. The molecule has 1 aliphatic rings. The number of benzene rings is 1. The monoisotopic (exact) mass is 356 g/mol. The zero-order valence-electron chi connectivity index (χ0n) is 13.1. The zero-order chi connectivity index (χ0) is 16.6. The van der Waals surface area contributed by atoms with Crippen LogP contribution >= 0.6 is 11.3 Å². The van der Waals surface area contributed by atoms with Crippen molar-refractivity contribution >= 4 is 31.6 Å². The van der Waals surface area contributed by atoms with Gasteiger partial charge in [0.1, 0.15) is 0 Å². The van der Waals surface area contributed by atoms with Gasteiger partial charge in [-0.3, -0.25) is 9.36 Å². The molecule has 0 radical (unpaired) electrons. The smallest absolute Gasteiger partial charge is 0.308 e. The summed E-state index contributed by atoms with van der Waals surface area (Å²) in [6.45, 7) is 4.83. The molecule has 1 aromatic carbocycles. The summed E-state index contributed by atoms with van der Waals surface area (Å²) in [5, 5.41) is 0. The highest BCUT2D eigenvalue weighted by atomic mass is 32.2. The Hall–Kier alpha value is -1.22. The van der Waals surface area contributed by atoms with Crippen LogP contribution in [0.5, 0.6) is 0 Å². The van der Waals surface area contributed by atoms with Crippen LogP contribution in [0.4, 0.5) is 0 Å². The molecule has 1 fully saturated rings. The summed E-state index contributed by atoms with van der Waals surface area (Å²) in [6.07, 6.45) is 1.79. The van der Waals surface area contributed by atoms with Crippen LogP contribution in [-0.4, -0.2) is 32.2 Å². The lowest BCUT2D eigenvalue weighted by molar-refractivity contribution is 0.114. The molecule has 1 N–H and O–H groups in total. The molecular formula is C15H20N2O4S2. The highest BCUT2D eigenvalue weighted by Crippen LogP contribution is 2.24. The zero-order valence-corrected chi connectivity index (χ0v) is 14.7. The Labute approximate surface area is 139 Å². The van der Waals surface area contributed by atoms with Crippen LogP contribution in [0.25, 0.3) is 10.2 Å². The van der Waals surface area contributed by atoms with E-state index in [1.807, 2.05) is 13.8 Å². The molecule has 1 saturated heterocycles. The van der Waals surface area contributed by atoms with Crippen LogP contribution in [0, 0.1) is 0 Å². The highest BCUT2D eigenvalue weighted by molar-refractivity contribution is 7.89. The van der Waals surface area contributed by atoms with Crippen LogP contribution < -0.4 is 9.60 Å². The minimum Gasteiger partial charge on any atom is -0.377 e. The Balaban J connectivity index is 1.88. The van der Waals surface area contributed by atoms with Crippen molar-refractivity contribution in [1.82, 2.24) is 9.29 Å². The van der Waals surface area contributed by atoms with Crippen LogP contribution in [0.3, 0.4) is 0 Å². The molecule has 1 atom stereocenters.